The maximum absolute atomic E-state index is 10.9. The number of fused-ring (bicyclic) bond motifs is 8. The summed E-state index contributed by atoms with van der Waals surface area (Å²) in [5.41, 5.74) is 7.99. The summed E-state index contributed by atoms with van der Waals surface area (Å²) in [5, 5.41) is 3.66. The normalized spacial score (nSPS) is 18.9. The Morgan fingerprint density at radius 1 is 0.750 bits per heavy atom. The van der Waals surface area contributed by atoms with Crippen molar-refractivity contribution >= 4 is 10.1 Å². The van der Waals surface area contributed by atoms with E-state index in [0.717, 1.165) is 5.56 Å². The Labute approximate surface area is 166 Å². The summed E-state index contributed by atoms with van der Waals surface area (Å²) in [7, 11) is -4.08. The molecular weight excluding hydrogens is 370 g/mol. The molecule has 2 aliphatic heterocycles. The third-order valence-electron chi connectivity index (χ3n) is 5.43. The molecule has 0 unspecified atom stereocenters. The average Bonchev–Trinajstić information content (AvgIpc) is 3.18. The molecule has 0 aromatic heterocycles. The van der Waals surface area contributed by atoms with Gasteiger partial charge in [0.05, 0.1) is 17.0 Å². The molecule has 2 aliphatic rings. The van der Waals surface area contributed by atoms with E-state index in [4.69, 9.17) is 4.55 Å². The molecule has 5 heteroatoms. The topological polar surface area (TPSA) is 66.4 Å². The Balaban J connectivity index is 0.000000140. The monoisotopic (exact) mass is 393 g/mol. The maximum Gasteiger partial charge on any atom is 0.295 e. The van der Waals surface area contributed by atoms with E-state index < -0.39 is 10.1 Å². The number of hydrogen-bond donors (Lipinski definition) is 2. The van der Waals surface area contributed by atoms with E-state index >= 15 is 0 Å². The van der Waals surface area contributed by atoms with Crippen LogP contribution in [0.1, 0.15) is 51.0 Å². The molecule has 3 aromatic carbocycles. The fourth-order valence-corrected chi connectivity index (χ4v) is 5.44. The lowest BCUT2D eigenvalue weighted by Crippen LogP contribution is -2.08. The Hall–Kier alpha value is -2.47. The number of benzene rings is 3. The van der Waals surface area contributed by atoms with Crippen molar-refractivity contribution in [1.29, 1.82) is 0 Å². The van der Waals surface area contributed by atoms with Gasteiger partial charge in [0.1, 0.15) is 0 Å². The third-order valence-corrected chi connectivity index (χ3v) is 6.59. The molecule has 0 aliphatic carbocycles. The quantitative estimate of drug-likeness (QED) is 0.591. The first kappa shape index (κ1) is 18.9. The van der Waals surface area contributed by atoms with Crippen LogP contribution in [0.3, 0.4) is 0 Å². The minimum Gasteiger partial charge on any atom is -0.295 e. The van der Waals surface area contributed by atoms with E-state index in [0.29, 0.717) is 23.2 Å². The highest BCUT2D eigenvalue weighted by atomic mass is 32.2. The first-order valence-electron chi connectivity index (χ1n) is 9.26. The van der Waals surface area contributed by atoms with Gasteiger partial charge in [-0.05, 0) is 54.2 Å². The molecule has 2 heterocycles. The van der Waals surface area contributed by atoms with Crippen molar-refractivity contribution in [2.75, 3.05) is 0 Å². The lowest BCUT2D eigenvalue weighted by Gasteiger charge is -2.16. The van der Waals surface area contributed by atoms with Crippen LogP contribution in [0.5, 0.6) is 0 Å². The van der Waals surface area contributed by atoms with Crippen molar-refractivity contribution < 1.29 is 13.0 Å². The Bertz CT molecular complexity index is 1050. The van der Waals surface area contributed by atoms with E-state index in [-0.39, 0.29) is 4.90 Å². The smallest absolute Gasteiger partial charge is 0.295 e. The van der Waals surface area contributed by atoms with Crippen LogP contribution in [0, 0.1) is 20.8 Å². The van der Waals surface area contributed by atoms with Crippen molar-refractivity contribution in [3.05, 3.63) is 99.6 Å². The summed E-state index contributed by atoms with van der Waals surface area (Å²) in [6.45, 7) is 5.22. The molecule has 0 amide bonds. The first-order valence-corrected chi connectivity index (χ1v) is 10.7. The summed E-state index contributed by atoms with van der Waals surface area (Å²) < 4.78 is 30.8. The van der Waals surface area contributed by atoms with Gasteiger partial charge in [-0.1, -0.05) is 66.2 Å². The van der Waals surface area contributed by atoms with Gasteiger partial charge in [-0.25, -0.2) is 0 Å². The van der Waals surface area contributed by atoms with Gasteiger partial charge in [-0.3, -0.25) is 9.87 Å². The molecule has 0 fully saturated rings. The molecule has 2 bridgehead atoms. The van der Waals surface area contributed by atoms with Crippen LogP contribution in [-0.4, -0.2) is 13.0 Å². The van der Waals surface area contributed by atoms with Crippen LogP contribution >= 0.6 is 0 Å². The molecule has 0 radical (unpaired) electrons. The molecule has 3 aromatic rings. The molecule has 144 valence electrons. The molecular formula is C23H23NO3S. The summed E-state index contributed by atoms with van der Waals surface area (Å²) in [6.07, 6.45) is 0. The maximum atomic E-state index is 10.9. The molecule has 5 rings (SSSR count). The van der Waals surface area contributed by atoms with Crippen LogP contribution in [0.4, 0.5) is 0 Å². The van der Waals surface area contributed by atoms with Crippen molar-refractivity contribution in [3.63, 3.8) is 0 Å². The Morgan fingerprint density at radius 3 is 1.43 bits per heavy atom. The molecule has 28 heavy (non-hydrogen) atoms. The minimum atomic E-state index is -4.08. The zero-order valence-corrected chi connectivity index (χ0v) is 16.9. The fraction of sp³-hybridized carbons (Fsp3) is 0.217. The van der Waals surface area contributed by atoms with E-state index in [1.165, 1.54) is 22.3 Å². The van der Waals surface area contributed by atoms with E-state index in [2.05, 4.69) is 53.8 Å². The lowest BCUT2D eigenvalue weighted by atomic mass is 9.86. The standard InChI is InChI=1S/C14H11N.C9H12O3S/c1-2-6-10-9(5-1)13-11-7-3-4-8-12(11)14(10)15-13;1-6-4-7(2)9(8(3)5-6)13(10,11)12/h1-8,13-15H;4-5H,1-3H3,(H,10,11,12). The number of rotatable bonds is 1. The predicted molar refractivity (Wildman–Crippen MR) is 110 cm³/mol. The zero-order valence-electron chi connectivity index (χ0n) is 16.1. The second-order valence-corrected chi connectivity index (χ2v) is 8.85. The van der Waals surface area contributed by atoms with Gasteiger partial charge in [-0.2, -0.15) is 8.42 Å². The van der Waals surface area contributed by atoms with Crippen LogP contribution in [-0.2, 0) is 10.1 Å². The molecule has 2 N–H and O–H groups in total. The fourth-order valence-electron chi connectivity index (χ4n) is 4.51. The molecule has 0 spiro atoms. The first-order chi connectivity index (χ1) is 13.3. The van der Waals surface area contributed by atoms with Gasteiger partial charge in [0, 0.05) is 0 Å². The molecule has 0 saturated heterocycles. The van der Waals surface area contributed by atoms with Crippen molar-refractivity contribution in [1.82, 2.24) is 5.32 Å². The highest BCUT2D eigenvalue weighted by molar-refractivity contribution is 7.86. The lowest BCUT2D eigenvalue weighted by molar-refractivity contribution is 0.482. The highest BCUT2D eigenvalue weighted by Gasteiger charge is 2.39. The molecule has 4 nitrogen and oxygen atoms in total. The second kappa shape index (κ2) is 6.85. The predicted octanol–water partition coefficient (Wildman–Crippen LogP) is 4.64. The largest absolute Gasteiger partial charge is 0.295 e. The Kier molecular flexibility index (Phi) is 4.62. The second-order valence-electron chi connectivity index (χ2n) is 7.49. The van der Waals surface area contributed by atoms with Gasteiger partial charge in [-0.15, -0.1) is 0 Å². The zero-order chi connectivity index (χ0) is 20.1. The van der Waals surface area contributed by atoms with Crippen molar-refractivity contribution in [3.8, 4) is 0 Å². The highest BCUT2D eigenvalue weighted by Crippen LogP contribution is 2.48. The molecule has 0 saturated carbocycles. The number of nitrogens with one attached hydrogen (secondary N) is 1. The molecule has 0 atom stereocenters. The number of hydrogen-bond acceptors (Lipinski definition) is 3. The summed E-state index contributed by atoms with van der Waals surface area (Å²) >= 11 is 0. The van der Waals surface area contributed by atoms with Crippen LogP contribution < -0.4 is 5.32 Å². The SMILES string of the molecule is Cc1cc(C)c(S(=O)(=O)O)c(C)c1.c1ccc2c(c1)C1NC2c2ccccc21. The van der Waals surface area contributed by atoms with Crippen molar-refractivity contribution in [2.24, 2.45) is 0 Å². The summed E-state index contributed by atoms with van der Waals surface area (Å²) in [4.78, 5) is 0.0260. The third kappa shape index (κ3) is 3.15. The van der Waals surface area contributed by atoms with Gasteiger partial charge in [0.2, 0.25) is 0 Å². The van der Waals surface area contributed by atoms with Crippen LogP contribution in [0.2, 0.25) is 0 Å². The summed E-state index contributed by atoms with van der Waals surface area (Å²) in [6, 6.07) is 21.8. The van der Waals surface area contributed by atoms with Gasteiger partial charge < -0.3 is 0 Å². The van der Waals surface area contributed by atoms with Crippen molar-refractivity contribution in [2.45, 2.75) is 37.8 Å². The van der Waals surface area contributed by atoms with Gasteiger partial charge >= 0.3 is 0 Å². The van der Waals surface area contributed by atoms with E-state index in [1.54, 1.807) is 26.0 Å². The van der Waals surface area contributed by atoms with Gasteiger partial charge in [0.25, 0.3) is 10.1 Å². The Morgan fingerprint density at radius 2 is 1.11 bits per heavy atom. The van der Waals surface area contributed by atoms with E-state index in [1.807, 2.05) is 6.92 Å². The van der Waals surface area contributed by atoms with Crippen LogP contribution in [0.25, 0.3) is 0 Å². The minimum absolute atomic E-state index is 0.0260. The average molecular weight is 394 g/mol. The van der Waals surface area contributed by atoms with Gasteiger partial charge in [0.15, 0.2) is 0 Å². The van der Waals surface area contributed by atoms with Crippen LogP contribution in [0.15, 0.2) is 65.6 Å². The number of aryl methyl sites for hydroxylation is 3. The summed E-state index contributed by atoms with van der Waals surface area (Å²) in [5.74, 6) is 0. The van der Waals surface area contributed by atoms with E-state index in [9.17, 15) is 8.42 Å².